The first-order chi connectivity index (χ1) is 19.1. The minimum Gasteiger partial charge on any atom is -0.454 e. The van der Waals surface area contributed by atoms with Gasteiger partial charge in [-0.2, -0.15) is 0 Å². The summed E-state index contributed by atoms with van der Waals surface area (Å²) < 4.78 is 12.9. The molecule has 0 saturated heterocycles. The second kappa shape index (κ2) is 10.7. The van der Waals surface area contributed by atoms with Gasteiger partial charge in [-0.3, -0.25) is 9.69 Å². The van der Waals surface area contributed by atoms with E-state index in [4.69, 9.17) is 9.47 Å². The van der Waals surface area contributed by atoms with Crippen LogP contribution in [-0.2, 0) is 19.6 Å². The highest BCUT2D eigenvalue weighted by Crippen LogP contribution is 2.35. The number of H-pyrrole nitrogens is 1. The molecule has 1 aliphatic rings. The Bertz CT molecular complexity index is 1650. The van der Waals surface area contributed by atoms with Gasteiger partial charge in [0.05, 0.1) is 18.1 Å². The molecule has 39 heavy (non-hydrogen) atoms. The Morgan fingerprint density at radius 3 is 2.51 bits per heavy atom. The summed E-state index contributed by atoms with van der Waals surface area (Å²) in [6, 6.07) is 24.2. The second-order valence-corrected chi connectivity index (χ2v) is 9.91. The zero-order valence-corrected chi connectivity index (χ0v) is 22.0. The van der Waals surface area contributed by atoms with Crippen LogP contribution in [0.5, 0.6) is 11.5 Å². The molecule has 0 aliphatic carbocycles. The van der Waals surface area contributed by atoms with Crippen LogP contribution in [0.2, 0.25) is 0 Å². The lowest BCUT2D eigenvalue weighted by Crippen LogP contribution is -2.32. The Balaban J connectivity index is 1.37. The van der Waals surface area contributed by atoms with Gasteiger partial charge in [-0.15, -0.1) is 5.10 Å². The number of hydrogen-bond acceptors (Lipinski definition) is 7. The Hall–Kier alpha value is -4.50. The lowest BCUT2D eigenvalue weighted by atomic mass is 10.1. The van der Waals surface area contributed by atoms with Crippen LogP contribution in [-0.4, -0.2) is 36.9 Å². The molecule has 9 heteroatoms. The summed E-state index contributed by atoms with van der Waals surface area (Å²) in [6.07, 6.45) is 0.769. The van der Waals surface area contributed by atoms with Gasteiger partial charge in [-0.25, -0.2) is 4.68 Å². The van der Waals surface area contributed by atoms with E-state index in [9.17, 15) is 4.79 Å². The number of rotatable bonds is 9. The molecule has 0 bridgehead atoms. The maximum atomic E-state index is 13.3. The third-order valence-corrected chi connectivity index (χ3v) is 7.15. The van der Waals surface area contributed by atoms with Crippen LogP contribution >= 0.6 is 0 Å². The maximum Gasteiger partial charge on any atom is 0.252 e. The number of aromatic amines is 1. The van der Waals surface area contributed by atoms with E-state index in [1.54, 1.807) is 0 Å². The fraction of sp³-hybridized carbons (Fsp3) is 0.267. The van der Waals surface area contributed by atoms with Crippen molar-refractivity contribution in [1.82, 2.24) is 30.1 Å². The van der Waals surface area contributed by atoms with Crippen molar-refractivity contribution in [3.8, 4) is 11.5 Å². The highest BCUT2D eigenvalue weighted by Gasteiger charge is 2.26. The van der Waals surface area contributed by atoms with Crippen LogP contribution in [0.15, 0.2) is 77.6 Å². The van der Waals surface area contributed by atoms with Crippen molar-refractivity contribution >= 4 is 10.9 Å². The fourth-order valence-electron chi connectivity index (χ4n) is 5.11. The lowest BCUT2D eigenvalue weighted by molar-refractivity contribution is 0.161. The molecule has 1 aliphatic heterocycles. The van der Waals surface area contributed by atoms with Crippen molar-refractivity contribution in [2.45, 2.75) is 45.9 Å². The highest BCUT2D eigenvalue weighted by atomic mass is 16.7. The number of benzene rings is 3. The number of nitrogens with zero attached hydrogens (tertiary/aromatic N) is 5. The number of aromatic nitrogens is 5. The van der Waals surface area contributed by atoms with Crippen LogP contribution < -0.4 is 15.0 Å². The van der Waals surface area contributed by atoms with Crippen molar-refractivity contribution in [1.29, 1.82) is 0 Å². The minimum absolute atomic E-state index is 0.114. The van der Waals surface area contributed by atoms with Crippen LogP contribution in [0.3, 0.4) is 0 Å². The average molecular weight is 523 g/mol. The second-order valence-electron chi connectivity index (χ2n) is 9.91. The molecule has 1 atom stereocenters. The van der Waals surface area contributed by atoms with E-state index in [0.29, 0.717) is 36.7 Å². The third-order valence-electron chi connectivity index (χ3n) is 7.15. The van der Waals surface area contributed by atoms with Crippen LogP contribution in [0, 0.1) is 6.92 Å². The number of pyridine rings is 1. The van der Waals surface area contributed by atoms with E-state index in [-0.39, 0.29) is 18.4 Å². The van der Waals surface area contributed by atoms with Gasteiger partial charge in [-0.1, -0.05) is 67.1 Å². The van der Waals surface area contributed by atoms with Gasteiger partial charge in [0.2, 0.25) is 6.79 Å². The molecular weight excluding hydrogens is 492 g/mol. The quantitative estimate of drug-likeness (QED) is 0.298. The first kappa shape index (κ1) is 24.8. The normalized spacial score (nSPS) is 13.3. The lowest BCUT2D eigenvalue weighted by Gasteiger charge is -2.30. The Labute approximate surface area is 226 Å². The van der Waals surface area contributed by atoms with Crippen molar-refractivity contribution in [2.24, 2.45) is 0 Å². The Morgan fingerprint density at radius 1 is 0.974 bits per heavy atom. The van der Waals surface area contributed by atoms with E-state index >= 15 is 0 Å². The van der Waals surface area contributed by atoms with Gasteiger partial charge in [0.1, 0.15) is 0 Å². The third kappa shape index (κ3) is 5.26. The standard InChI is InChI=1S/C30H30N6O3/c1-3-26(29-32-33-34-36(29)17-21-7-5-4-6-8-21)35(16-22-11-9-20(2)10-12-22)18-24-13-23-14-27-28(39-19-38-27)15-25(23)31-30(24)37/h4-15,26H,3,16-19H2,1-2H3,(H,31,37). The fourth-order valence-corrected chi connectivity index (χ4v) is 5.11. The highest BCUT2D eigenvalue weighted by molar-refractivity contribution is 5.83. The van der Waals surface area contributed by atoms with Crippen molar-refractivity contribution in [3.63, 3.8) is 0 Å². The van der Waals surface area contributed by atoms with Crippen LogP contribution in [0.1, 0.15) is 47.5 Å². The number of fused-ring (bicyclic) bond motifs is 2. The summed E-state index contributed by atoms with van der Waals surface area (Å²) in [6.45, 7) is 6.01. The predicted molar refractivity (Wildman–Crippen MR) is 148 cm³/mol. The number of hydrogen-bond donors (Lipinski definition) is 1. The molecule has 9 nitrogen and oxygen atoms in total. The van der Waals surface area contributed by atoms with E-state index in [1.807, 2.05) is 41.1 Å². The van der Waals surface area contributed by atoms with Crippen molar-refractivity contribution in [2.75, 3.05) is 6.79 Å². The summed E-state index contributed by atoms with van der Waals surface area (Å²) in [5.74, 6) is 2.10. The summed E-state index contributed by atoms with van der Waals surface area (Å²) in [5.41, 5.74) is 4.73. The zero-order valence-electron chi connectivity index (χ0n) is 22.0. The molecule has 0 radical (unpaired) electrons. The van der Waals surface area contributed by atoms with Crippen molar-refractivity contribution < 1.29 is 9.47 Å². The molecule has 5 aromatic rings. The number of tetrazole rings is 1. The molecular formula is C30H30N6O3. The van der Waals surface area contributed by atoms with Gasteiger partial charge in [-0.05, 0) is 47.0 Å². The number of aryl methyl sites for hydroxylation is 1. The van der Waals surface area contributed by atoms with Gasteiger partial charge in [0, 0.05) is 30.1 Å². The van der Waals surface area contributed by atoms with E-state index < -0.39 is 0 Å². The first-order valence-electron chi connectivity index (χ1n) is 13.1. The largest absolute Gasteiger partial charge is 0.454 e. The molecule has 198 valence electrons. The number of nitrogens with one attached hydrogen (secondary N) is 1. The zero-order chi connectivity index (χ0) is 26.8. The van der Waals surface area contributed by atoms with E-state index in [0.717, 1.165) is 34.3 Å². The van der Waals surface area contributed by atoms with Crippen LogP contribution in [0.4, 0.5) is 0 Å². The Kier molecular flexibility index (Phi) is 6.81. The summed E-state index contributed by atoms with van der Waals surface area (Å²) >= 11 is 0. The SMILES string of the molecule is CCC(c1nnnn1Cc1ccccc1)N(Cc1ccc(C)cc1)Cc1cc2cc3c(cc2[nH]c1=O)OCO3. The maximum absolute atomic E-state index is 13.3. The van der Waals surface area contributed by atoms with Gasteiger partial charge in [0.15, 0.2) is 17.3 Å². The summed E-state index contributed by atoms with van der Waals surface area (Å²) in [5, 5.41) is 13.7. The minimum atomic E-state index is -0.131. The first-order valence-corrected chi connectivity index (χ1v) is 13.1. The monoisotopic (exact) mass is 522 g/mol. The molecule has 6 rings (SSSR count). The molecule has 0 fully saturated rings. The average Bonchev–Trinajstić information content (AvgIpc) is 3.59. The smallest absolute Gasteiger partial charge is 0.252 e. The van der Waals surface area contributed by atoms with Gasteiger partial charge < -0.3 is 14.5 Å². The van der Waals surface area contributed by atoms with Gasteiger partial charge >= 0.3 is 0 Å². The van der Waals surface area contributed by atoms with E-state index in [2.05, 4.69) is 75.7 Å². The van der Waals surface area contributed by atoms with Gasteiger partial charge in [0.25, 0.3) is 5.56 Å². The Morgan fingerprint density at radius 2 is 1.74 bits per heavy atom. The molecule has 0 saturated carbocycles. The summed E-state index contributed by atoms with van der Waals surface area (Å²) in [7, 11) is 0. The molecule has 1 N–H and O–H groups in total. The van der Waals surface area contributed by atoms with E-state index in [1.165, 1.54) is 5.56 Å². The molecule has 3 heterocycles. The van der Waals surface area contributed by atoms with Crippen LogP contribution in [0.25, 0.3) is 10.9 Å². The summed E-state index contributed by atoms with van der Waals surface area (Å²) in [4.78, 5) is 18.6. The molecule has 1 unspecified atom stereocenters. The molecule has 0 spiro atoms. The molecule has 2 aromatic heterocycles. The molecule has 0 amide bonds. The number of ether oxygens (including phenoxy) is 2. The predicted octanol–water partition coefficient (Wildman–Crippen LogP) is 4.75. The topological polar surface area (TPSA) is 98.2 Å². The molecule has 3 aromatic carbocycles. The van der Waals surface area contributed by atoms with Crippen molar-refractivity contribution in [3.05, 3.63) is 111 Å².